The highest BCUT2D eigenvalue weighted by Crippen LogP contribution is 2.41. The number of rotatable bonds is 11. The molecule has 6 aliphatic rings. The SMILES string of the molecule is COCC[C@H]1CN(C2CCN(C3c4ccc(Cl)cc4CCc4cc(Br)cnc43)CC2)CCN1B(C)O.COCC[C@H]1CNCCN1B(C)O.O=C1CCN(C2c3ccc(Cl)cc3CCc3cc(Br)cnc32)CC1. The fourth-order valence-electron chi connectivity index (χ4n) is 12.1. The van der Waals surface area contributed by atoms with Gasteiger partial charge in [-0.1, -0.05) is 35.3 Å². The zero-order chi connectivity index (χ0) is 51.6. The third-order valence-electron chi connectivity index (χ3n) is 15.9. The fourth-order valence-corrected chi connectivity index (χ4v) is 13.3. The van der Waals surface area contributed by atoms with Crippen LogP contribution in [0, 0.1) is 0 Å². The van der Waals surface area contributed by atoms with Gasteiger partial charge in [-0.2, -0.15) is 0 Å². The van der Waals surface area contributed by atoms with Gasteiger partial charge in [-0.05, 0) is 167 Å². The summed E-state index contributed by atoms with van der Waals surface area (Å²) < 4.78 is 12.5. The molecule has 2 aromatic carbocycles. The smallest absolute Gasteiger partial charge is 0.376 e. The van der Waals surface area contributed by atoms with Crippen LogP contribution in [0.3, 0.4) is 0 Å². The van der Waals surface area contributed by atoms with Gasteiger partial charge in [0.1, 0.15) is 5.78 Å². The van der Waals surface area contributed by atoms with Crippen LogP contribution >= 0.6 is 55.1 Å². The Morgan fingerprint density at radius 2 is 1.14 bits per heavy atom. The van der Waals surface area contributed by atoms with Gasteiger partial charge in [-0.25, -0.2) is 0 Å². The summed E-state index contributed by atoms with van der Waals surface area (Å²) in [6, 6.07) is 18.6. The number of aryl methyl sites for hydroxylation is 4. The van der Waals surface area contributed by atoms with E-state index >= 15 is 0 Å². The molecule has 4 saturated heterocycles. The minimum absolute atomic E-state index is 0.107. The molecule has 394 valence electrons. The second-order valence-electron chi connectivity index (χ2n) is 20.5. The lowest BCUT2D eigenvalue weighted by Gasteiger charge is -2.48. The van der Waals surface area contributed by atoms with Crippen molar-refractivity contribution in [3.63, 3.8) is 0 Å². The van der Waals surface area contributed by atoms with Gasteiger partial charge < -0.3 is 34.5 Å². The van der Waals surface area contributed by atoms with Crippen molar-refractivity contribution in [3.05, 3.63) is 125 Å². The summed E-state index contributed by atoms with van der Waals surface area (Å²) in [5.74, 6) is 0.361. The van der Waals surface area contributed by atoms with Crippen LogP contribution in [0.1, 0.15) is 95.4 Å². The largest absolute Gasteiger partial charge is 0.437 e. The molecule has 6 heterocycles. The lowest BCUT2D eigenvalue weighted by molar-refractivity contribution is -0.121. The summed E-state index contributed by atoms with van der Waals surface area (Å²) in [5, 5.41) is 24.7. The van der Waals surface area contributed by atoms with E-state index in [-0.39, 0.29) is 19.1 Å². The molecule has 0 amide bonds. The minimum Gasteiger partial charge on any atom is -0.437 e. The van der Waals surface area contributed by atoms with E-state index in [1.165, 1.54) is 39.1 Å². The van der Waals surface area contributed by atoms with Crippen molar-refractivity contribution in [1.29, 1.82) is 0 Å². The van der Waals surface area contributed by atoms with Crippen LogP contribution in [0.4, 0.5) is 0 Å². The van der Waals surface area contributed by atoms with Crippen LogP contribution in [0.25, 0.3) is 0 Å². The maximum atomic E-state index is 11.7. The van der Waals surface area contributed by atoms with Gasteiger partial charge in [0.2, 0.25) is 0 Å². The third kappa shape index (κ3) is 14.6. The van der Waals surface area contributed by atoms with Crippen molar-refractivity contribution >= 4 is 74.9 Å². The van der Waals surface area contributed by atoms with E-state index in [2.05, 4.69) is 97.9 Å². The van der Waals surface area contributed by atoms with E-state index in [1.54, 1.807) is 14.2 Å². The number of Topliss-reactive ketones (excluding diaryl/α,β-unsaturated/α-hetero) is 1. The van der Waals surface area contributed by atoms with Crippen molar-refractivity contribution < 1.29 is 24.3 Å². The molecule has 4 fully saturated rings. The van der Waals surface area contributed by atoms with Crippen molar-refractivity contribution in [2.75, 3.05) is 92.9 Å². The van der Waals surface area contributed by atoms with Gasteiger partial charge >= 0.3 is 14.1 Å². The van der Waals surface area contributed by atoms with E-state index in [0.29, 0.717) is 36.8 Å². The molecule has 4 aliphatic heterocycles. The number of carbonyl (C=O) groups excluding carboxylic acids is 1. The molecule has 10 rings (SSSR count). The maximum absolute atomic E-state index is 11.7. The number of ketones is 1. The Morgan fingerprint density at radius 3 is 1.66 bits per heavy atom. The Labute approximate surface area is 461 Å². The molecule has 2 unspecified atom stereocenters. The fraction of sp³-hybridized carbons (Fsp3) is 0.574. The van der Waals surface area contributed by atoms with E-state index in [9.17, 15) is 14.8 Å². The quantitative estimate of drug-likeness (QED) is 0.126. The number of hydrogen-bond donors (Lipinski definition) is 3. The monoisotopic (exact) mass is 1160 g/mol. The summed E-state index contributed by atoms with van der Waals surface area (Å²) in [7, 11) is 2.72. The number of ether oxygens (including phenoxy) is 2. The first-order chi connectivity index (χ1) is 35.3. The predicted octanol–water partition coefficient (Wildman–Crippen LogP) is 8.04. The van der Waals surface area contributed by atoms with Crippen molar-refractivity contribution in [2.45, 2.75) is 108 Å². The molecule has 4 atom stereocenters. The summed E-state index contributed by atoms with van der Waals surface area (Å²) >= 11 is 19.8. The molecule has 2 aromatic heterocycles. The number of benzene rings is 2. The molecule has 0 spiro atoms. The van der Waals surface area contributed by atoms with Crippen LogP contribution in [0.15, 0.2) is 69.9 Å². The number of methoxy groups -OCH3 is 2. The first kappa shape index (κ1) is 56.9. The number of piperazine rings is 2. The molecule has 0 radical (unpaired) electrons. The normalized spacial score (nSPS) is 23.3. The number of nitrogens with one attached hydrogen (secondary N) is 1. The second-order valence-corrected chi connectivity index (χ2v) is 23.2. The van der Waals surface area contributed by atoms with Crippen LogP contribution < -0.4 is 5.32 Å². The standard InChI is InChI=1S/C27H37BBrClN4O2.C19H18BrClN2O.C8H19BN2O2/c1-28(35)34-13-12-33(18-24(34)9-14-36-2)23-7-10-32(11-8-23)27-25-6-5-22(30)16-19(25)3-4-20-15-21(29)17-31-26(20)27;20-14-9-13-2-1-12-10-15(21)3-4-17(12)19(18(13)22-11-14)23-7-5-16(24)6-8-23;1-9(12)11-5-4-10-7-8(11)3-6-13-2/h5-6,15-17,23-24,27,35H,3-4,7-14,18H2,1-2H3;3-4,9-11,19H,1-2,5-8H2;8,10,12H,3-7H2,1-2H3/t24-,27?;;8-/m0.0/s1. The Hall–Kier alpha value is -2.32. The maximum Gasteiger partial charge on any atom is 0.376 e. The van der Waals surface area contributed by atoms with Gasteiger partial charge in [0.15, 0.2) is 0 Å². The number of aromatic nitrogens is 2. The minimum atomic E-state index is -0.410. The lowest BCUT2D eigenvalue weighted by atomic mass is 9.81. The molecule has 13 nitrogen and oxygen atoms in total. The molecule has 73 heavy (non-hydrogen) atoms. The van der Waals surface area contributed by atoms with Gasteiger partial charge in [0.05, 0.1) is 23.5 Å². The molecular formula is C54H74B2Br2Cl2N8O5. The molecule has 2 aliphatic carbocycles. The zero-order valence-electron chi connectivity index (χ0n) is 43.1. The number of nitrogens with zero attached hydrogens (tertiary/aromatic N) is 7. The molecular weight excluding hydrogens is 1090 g/mol. The highest BCUT2D eigenvalue weighted by Gasteiger charge is 2.38. The topological polar surface area (TPSA) is 130 Å². The number of likely N-dealkylation sites (tertiary alicyclic amines) is 2. The number of halogens is 4. The van der Waals surface area contributed by atoms with Crippen molar-refractivity contribution in [2.24, 2.45) is 0 Å². The van der Waals surface area contributed by atoms with Crippen molar-refractivity contribution in [1.82, 2.24) is 39.6 Å². The van der Waals surface area contributed by atoms with Crippen LogP contribution in [0.2, 0.25) is 23.7 Å². The molecule has 19 heteroatoms. The first-order valence-electron chi connectivity index (χ1n) is 26.5. The van der Waals surface area contributed by atoms with E-state index in [1.807, 2.05) is 38.2 Å². The molecule has 0 bridgehead atoms. The summed E-state index contributed by atoms with van der Waals surface area (Å²) in [6.45, 7) is 14.7. The van der Waals surface area contributed by atoms with Gasteiger partial charge in [-0.3, -0.25) is 29.5 Å². The number of pyridine rings is 2. The number of carbonyl (C=O) groups is 1. The summed E-state index contributed by atoms with van der Waals surface area (Å²) in [6.07, 6.45) is 13.2. The van der Waals surface area contributed by atoms with E-state index in [4.69, 9.17) is 42.6 Å². The number of hydrogen-bond acceptors (Lipinski definition) is 13. The van der Waals surface area contributed by atoms with Gasteiger partial charge in [0, 0.05) is 155 Å². The van der Waals surface area contributed by atoms with Gasteiger partial charge in [-0.15, -0.1) is 0 Å². The van der Waals surface area contributed by atoms with Crippen LogP contribution in [-0.2, 0) is 40.0 Å². The highest BCUT2D eigenvalue weighted by molar-refractivity contribution is 9.10. The lowest BCUT2D eigenvalue weighted by Crippen LogP contribution is -2.60. The van der Waals surface area contributed by atoms with Crippen LogP contribution in [0.5, 0.6) is 0 Å². The Bertz CT molecular complexity index is 2340. The third-order valence-corrected chi connectivity index (χ3v) is 17.2. The first-order valence-corrected chi connectivity index (χ1v) is 28.8. The zero-order valence-corrected chi connectivity index (χ0v) is 47.8. The summed E-state index contributed by atoms with van der Waals surface area (Å²) in [5.41, 5.74) is 10.2. The molecule has 0 saturated carbocycles. The highest BCUT2D eigenvalue weighted by atomic mass is 79.9. The van der Waals surface area contributed by atoms with E-state index < -0.39 is 7.05 Å². The second kappa shape index (κ2) is 27.3. The Morgan fingerprint density at radius 1 is 0.644 bits per heavy atom. The number of fused-ring (bicyclic) bond motifs is 4. The van der Waals surface area contributed by atoms with Gasteiger partial charge in [0.25, 0.3) is 0 Å². The average Bonchev–Trinajstić information content (AvgIpc) is 3.65. The van der Waals surface area contributed by atoms with Crippen LogP contribution in [-0.4, -0.2) is 175 Å². The average molecular weight is 1170 g/mol. The Kier molecular flexibility index (Phi) is 21.3. The predicted molar refractivity (Wildman–Crippen MR) is 302 cm³/mol. The molecule has 3 N–H and O–H groups in total. The number of piperidine rings is 2. The Balaban J connectivity index is 0.000000164. The van der Waals surface area contributed by atoms with E-state index in [0.717, 1.165) is 155 Å². The van der Waals surface area contributed by atoms with Crippen molar-refractivity contribution in [3.8, 4) is 0 Å². The molecule has 4 aromatic rings. The summed E-state index contributed by atoms with van der Waals surface area (Å²) in [4.78, 5) is 33.5.